The summed E-state index contributed by atoms with van der Waals surface area (Å²) in [5, 5.41) is 10.2. The molecule has 5 heteroatoms. The van der Waals surface area contributed by atoms with Crippen molar-refractivity contribution in [1.29, 1.82) is 0 Å². The fourth-order valence-electron chi connectivity index (χ4n) is 3.10. The molecule has 0 spiro atoms. The summed E-state index contributed by atoms with van der Waals surface area (Å²) in [6.45, 7) is 4.28. The highest BCUT2D eigenvalue weighted by molar-refractivity contribution is 6.32. The minimum absolute atomic E-state index is 0.110. The number of hydrogen-bond acceptors (Lipinski definition) is 4. The number of aliphatic hydroxyl groups is 1. The average Bonchev–Trinajstić information content (AvgIpc) is 3.02. The number of ether oxygens (including phenoxy) is 2. The number of hydrogen-bond donors (Lipinski definition) is 1. The molecule has 0 radical (unpaired) electrons. The Labute approximate surface area is 131 Å². The van der Waals surface area contributed by atoms with Crippen molar-refractivity contribution in [3.8, 4) is 11.5 Å². The van der Waals surface area contributed by atoms with Crippen LogP contribution in [-0.2, 0) is 0 Å². The first-order chi connectivity index (χ1) is 10.1. The molecule has 1 aromatic rings. The fraction of sp³-hybridized carbons (Fsp3) is 0.625. The van der Waals surface area contributed by atoms with Gasteiger partial charge in [-0.25, -0.2) is 0 Å². The Balaban J connectivity index is 2.46. The van der Waals surface area contributed by atoms with Crippen molar-refractivity contribution in [2.75, 3.05) is 33.9 Å². The Morgan fingerprint density at radius 2 is 1.81 bits per heavy atom. The number of methoxy groups -OCH3 is 2. The van der Waals surface area contributed by atoms with E-state index < -0.39 is 0 Å². The zero-order chi connectivity index (χ0) is 15.4. The van der Waals surface area contributed by atoms with E-state index in [1.165, 1.54) is 12.8 Å². The number of halogens is 1. The van der Waals surface area contributed by atoms with E-state index in [1.807, 2.05) is 6.07 Å². The molecule has 2 unspecified atom stereocenters. The molecule has 0 bridgehead atoms. The maximum atomic E-state index is 9.65. The third-order valence-electron chi connectivity index (χ3n) is 4.18. The molecule has 21 heavy (non-hydrogen) atoms. The SMILES string of the molecule is COc1cc(C(C(C)CO)N2CCCC2)c(OC)cc1Cl. The van der Waals surface area contributed by atoms with Crippen LogP contribution in [0.3, 0.4) is 0 Å². The maximum Gasteiger partial charge on any atom is 0.138 e. The lowest BCUT2D eigenvalue weighted by Gasteiger charge is -2.33. The summed E-state index contributed by atoms with van der Waals surface area (Å²) in [5.41, 5.74) is 1.03. The summed E-state index contributed by atoms with van der Waals surface area (Å²) in [6.07, 6.45) is 2.39. The lowest BCUT2D eigenvalue weighted by atomic mass is 9.92. The molecule has 0 aliphatic carbocycles. The zero-order valence-electron chi connectivity index (χ0n) is 12.9. The Morgan fingerprint density at radius 1 is 1.19 bits per heavy atom. The van der Waals surface area contributed by atoms with Crippen LogP contribution in [0.2, 0.25) is 5.02 Å². The first kappa shape index (κ1) is 16.4. The molecule has 1 saturated heterocycles. The summed E-state index contributed by atoms with van der Waals surface area (Å²) < 4.78 is 10.9. The minimum atomic E-state index is 0.110. The predicted octanol–water partition coefficient (Wildman–Crippen LogP) is 3.12. The smallest absolute Gasteiger partial charge is 0.138 e. The first-order valence-electron chi connectivity index (χ1n) is 7.38. The minimum Gasteiger partial charge on any atom is -0.496 e. The van der Waals surface area contributed by atoms with Gasteiger partial charge in [0.25, 0.3) is 0 Å². The van der Waals surface area contributed by atoms with Crippen LogP contribution in [0, 0.1) is 5.92 Å². The van der Waals surface area contributed by atoms with Gasteiger partial charge in [-0.15, -0.1) is 0 Å². The Bertz CT molecular complexity index is 475. The van der Waals surface area contributed by atoms with Crippen molar-refractivity contribution in [2.45, 2.75) is 25.8 Å². The second kappa shape index (κ2) is 7.34. The van der Waals surface area contributed by atoms with Gasteiger partial charge in [0.15, 0.2) is 0 Å². The summed E-state index contributed by atoms with van der Waals surface area (Å²) in [6, 6.07) is 3.85. The van der Waals surface area contributed by atoms with Crippen LogP contribution in [0.5, 0.6) is 11.5 Å². The van der Waals surface area contributed by atoms with Crippen molar-refractivity contribution in [3.05, 3.63) is 22.7 Å². The van der Waals surface area contributed by atoms with E-state index in [4.69, 9.17) is 21.1 Å². The molecule has 1 fully saturated rings. The standard InChI is InChI=1S/C16H24ClNO3/c1-11(10-19)16(18-6-4-5-7-18)12-8-15(21-3)13(17)9-14(12)20-2/h8-9,11,16,19H,4-7,10H2,1-3H3. The van der Waals surface area contributed by atoms with Crippen LogP contribution in [0.15, 0.2) is 12.1 Å². The van der Waals surface area contributed by atoms with E-state index in [9.17, 15) is 5.11 Å². The quantitative estimate of drug-likeness (QED) is 0.876. The molecule has 2 atom stereocenters. The van der Waals surface area contributed by atoms with Crippen molar-refractivity contribution in [1.82, 2.24) is 4.90 Å². The number of benzene rings is 1. The van der Waals surface area contributed by atoms with Gasteiger partial charge >= 0.3 is 0 Å². The Kier molecular flexibility index (Phi) is 5.73. The highest BCUT2D eigenvalue weighted by Gasteiger charge is 2.31. The molecular weight excluding hydrogens is 290 g/mol. The molecule has 1 heterocycles. The molecule has 2 rings (SSSR count). The van der Waals surface area contributed by atoms with Gasteiger partial charge in [0.2, 0.25) is 0 Å². The third kappa shape index (κ3) is 3.44. The topological polar surface area (TPSA) is 41.9 Å². The lowest BCUT2D eigenvalue weighted by Crippen LogP contribution is -2.32. The molecule has 118 valence electrons. The van der Waals surface area contributed by atoms with Crippen molar-refractivity contribution >= 4 is 11.6 Å². The molecule has 0 aromatic heterocycles. The van der Waals surface area contributed by atoms with Crippen molar-refractivity contribution < 1.29 is 14.6 Å². The second-order valence-electron chi connectivity index (χ2n) is 5.58. The zero-order valence-corrected chi connectivity index (χ0v) is 13.7. The molecule has 1 aliphatic rings. The summed E-state index contributed by atoms with van der Waals surface area (Å²) in [5.74, 6) is 1.50. The van der Waals surface area contributed by atoms with Gasteiger partial charge < -0.3 is 14.6 Å². The van der Waals surface area contributed by atoms with E-state index in [2.05, 4.69) is 11.8 Å². The van der Waals surface area contributed by atoms with E-state index in [0.29, 0.717) is 10.8 Å². The highest BCUT2D eigenvalue weighted by atomic mass is 35.5. The molecule has 1 aliphatic heterocycles. The van der Waals surface area contributed by atoms with Gasteiger partial charge in [0, 0.05) is 24.3 Å². The van der Waals surface area contributed by atoms with Gasteiger partial charge in [0.1, 0.15) is 11.5 Å². The largest absolute Gasteiger partial charge is 0.496 e. The number of rotatable bonds is 6. The van der Waals surface area contributed by atoms with Gasteiger partial charge in [-0.1, -0.05) is 18.5 Å². The molecule has 1 aromatic carbocycles. The molecule has 0 amide bonds. The van der Waals surface area contributed by atoms with Crippen LogP contribution in [0.25, 0.3) is 0 Å². The van der Waals surface area contributed by atoms with Crippen LogP contribution in [-0.4, -0.2) is 43.9 Å². The van der Waals surface area contributed by atoms with E-state index in [1.54, 1.807) is 20.3 Å². The molecule has 4 nitrogen and oxygen atoms in total. The van der Waals surface area contributed by atoms with Crippen LogP contribution in [0.1, 0.15) is 31.4 Å². The normalized spacial score (nSPS) is 18.5. The maximum absolute atomic E-state index is 9.65. The predicted molar refractivity (Wildman–Crippen MR) is 84.4 cm³/mol. The Morgan fingerprint density at radius 3 is 2.33 bits per heavy atom. The fourth-order valence-corrected chi connectivity index (χ4v) is 3.33. The number of likely N-dealkylation sites (tertiary alicyclic amines) is 1. The summed E-state index contributed by atoms with van der Waals surface area (Å²) in [7, 11) is 3.25. The monoisotopic (exact) mass is 313 g/mol. The van der Waals surface area contributed by atoms with E-state index >= 15 is 0 Å². The molecule has 1 N–H and O–H groups in total. The summed E-state index contributed by atoms with van der Waals surface area (Å²) >= 11 is 6.19. The van der Waals surface area contributed by atoms with Crippen molar-refractivity contribution in [2.24, 2.45) is 5.92 Å². The van der Waals surface area contributed by atoms with Crippen molar-refractivity contribution in [3.63, 3.8) is 0 Å². The van der Waals surface area contributed by atoms with E-state index in [0.717, 1.165) is 24.4 Å². The van der Waals surface area contributed by atoms with E-state index in [-0.39, 0.29) is 18.6 Å². The van der Waals surface area contributed by atoms with Crippen LogP contribution < -0.4 is 9.47 Å². The summed E-state index contributed by atoms with van der Waals surface area (Å²) in [4.78, 5) is 2.41. The number of nitrogens with zero attached hydrogens (tertiary/aromatic N) is 1. The Hall–Kier alpha value is -0.970. The molecular formula is C16H24ClNO3. The highest BCUT2D eigenvalue weighted by Crippen LogP contribution is 2.41. The van der Waals surface area contributed by atoms with Gasteiger partial charge in [-0.3, -0.25) is 4.90 Å². The molecule has 0 saturated carbocycles. The van der Waals surface area contributed by atoms with Crippen LogP contribution in [0.4, 0.5) is 0 Å². The van der Waals surface area contributed by atoms with Gasteiger partial charge in [0.05, 0.1) is 19.2 Å². The second-order valence-corrected chi connectivity index (χ2v) is 5.98. The van der Waals surface area contributed by atoms with Gasteiger partial charge in [-0.2, -0.15) is 0 Å². The number of aliphatic hydroxyl groups excluding tert-OH is 1. The average molecular weight is 314 g/mol. The lowest BCUT2D eigenvalue weighted by molar-refractivity contribution is 0.123. The van der Waals surface area contributed by atoms with Gasteiger partial charge in [-0.05, 0) is 37.9 Å². The third-order valence-corrected chi connectivity index (χ3v) is 4.48. The first-order valence-corrected chi connectivity index (χ1v) is 7.76. The van der Waals surface area contributed by atoms with Crippen LogP contribution >= 0.6 is 11.6 Å².